The zero-order valence-corrected chi connectivity index (χ0v) is 20.8. The summed E-state index contributed by atoms with van der Waals surface area (Å²) in [5.74, 6) is 1.08. The van der Waals surface area contributed by atoms with Crippen LogP contribution in [0.5, 0.6) is 11.5 Å². The SMILES string of the molecule is O=C1c2ccc(OC3CCN(CCF)CC3)cc2OCCN1CC(O)CN1CCc2ccccc2C1. The summed E-state index contributed by atoms with van der Waals surface area (Å²) in [6.07, 6.45) is 2.13. The van der Waals surface area contributed by atoms with Crippen LogP contribution in [0.3, 0.4) is 0 Å². The monoisotopic (exact) mass is 497 g/mol. The molecule has 36 heavy (non-hydrogen) atoms. The number of aliphatic hydroxyl groups excluding tert-OH is 1. The maximum absolute atomic E-state index is 13.3. The van der Waals surface area contributed by atoms with Crippen LogP contribution in [0.1, 0.15) is 34.3 Å². The molecule has 7 nitrogen and oxygen atoms in total. The number of amides is 1. The molecular formula is C28H36FN3O4. The number of alkyl halides is 1. The van der Waals surface area contributed by atoms with Gasteiger partial charge in [-0.15, -0.1) is 0 Å². The predicted molar refractivity (Wildman–Crippen MR) is 135 cm³/mol. The van der Waals surface area contributed by atoms with Gasteiger partial charge in [0.1, 0.15) is 30.9 Å². The van der Waals surface area contributed by atoms with E-state index in [1.807, 2.05) is 6.07 Å². The quantitative estimate of drug-likeness (QED) is 0.605. The van der Waals surface area contributed by atoms with Crippen LogP contribution >= 0.6 is 0 Å². The van der Waals surface area contributed by atoms with Crippen molar-refractivity contribution in [2.45, 2.75) is 38.0 Å². The van der Waals surface area contributed by atoms with Crippen LogP contribution in [0.2, 0.25) is 0 Å². The largest absolute Gasteiger partial charge is 0.491 e. The number of halogens is 1. The molecule has 3 aliphatic heterocycles. The first-order valence-corrected chi connectivity index (χ1v) is 13.1. The van der Waals surface area contributed by atoms with E-state index in [-0.39, 0.29) is 25.2 Å². The summed E-state index contributed by atoms with van der Waals surface area (Å²) < 4.78 is 24.6. The molecule has 1 fully saturated rings. The van der Waals surface area contributed by atoms with Crippen molar-refractivity contribution in [3.63, 3.8) is 0 Å². The minimum atomic E-state index is -0.633. The first-order chi connectivity index (χ1) is 17.6. The molecule has 0 aromatic heterocycles. The van der Waals surface area contributed by atoms with E-state index in [4.69, 9.17) is 9.47 Å². The Balaban J connectivity index is 1.16. The second-order valence-electron chi connectivity index (χ2n) is 10.0. The molecule has 1 N–H and O–H groups in total. The number of hydrogen-bond acceptors (Lipinski definition) is 6. The maximum Gasteiger partial charge on any atom is 0.257 e. The fourth-order valence-electron chi connectivity index (χ4n) is 5.47. The zero-order valence-electron chi connectivity index (χ0n) is 20.8. The summed E-state index contributed by atoms with van der Waals surface area (Å²) in [7, 11) is 0. The van der Waals surface area contributed by atoms with E-state index in [2.05, 4.69) is 34.1 Å². The van der Waals surface area contributed by atoms with Crippen LogP contribution in [0, 0.1) is 0 Å². The van der Waals surface area contributed by atoms with Crippen molar-refractivity contribution in [1.29, 1.82) is 0 Å². The van der Waals surface area contributed by atoms with E-state index >= 15 is 0 Å². The Kier molecular flexibility index (Phi) is 8.04. The minimum absolute atomic E-state index is 0.0776. The molecule has 0 aliphatic carbocycles. The van der Waals surface area contributed by atoms with E-state index in [0.29, 0.717) is 43.3 Å². The molecule has 0 saturated carbocycles. The first kappa shape index (κ1) is 25.0. The third-order valence-electron chi connectivity index (χ3n) is 7.44. The Morgan fingerprint density at radius 2 is 1.83 bits per heavy atom. The number of aliphatic hydroxyl groups is 1. The summed E-state index contributed by atoms with van der Waals surface area (Å²) >= 11 is 0. The minimum Gasteiger partial charge on any atom is -0.491 e. The number of hydrogen-bond donors (Lipinski definition) is 1. The molecule has 1 saturated heterocycles. The van der Waals surface area contributed by atoms with Gasteiger partial charge < -0.3 is 24.4 Å². The van der Waals surface area contributed by atoms with Gasteiger partial charge in [0.25, 0.3) is 5.91 Å². The highest BCUT2D eigenvalue weighted by molar-refractivity contribution is 5.97. The molecule has 2 aromatic rings. The van der Waals surface area contributed by atoms with Crippen molar-refractivity contribution in [2.75, 3.05) is 59.1 Å². The van der Waals surface area contributed by atoms with E-state index in [1.54, 1.807) is 17.0 Å². The van der Waals surface area contributed by atoms with Crippen LogP contribution in [0.4, 0.5) is 4.39 Å². The van der Waals surface area contributed by atoms with Crippen LogP contribution in [0.25, 0.3) is 0 Å². The summed E-state index contributed by atoms with van der Waals surface area (Å²) in [4.78, 5) is 19.3. The van der Waals surface area contributed by atoms with Crippen LogP contribution in [0.15, 0.2) is 42.5 Å². The van der Waals surface area contributed by atoms with Gasteiger partial charge in [-0.25, -0.2) is 4.39 Å². The van der Waals surface area contributed by atoms with Gasteiger partial charge in [-0.3, -0.25) is 9.69 Å². The van der Waals surface area contributed by atoms with Gasteiger partial charge >= 0.3 is 0 Å². The molecule has 3 heterocycles. The molecule has 194 valence electrons. The highest BCUT2D eigenvalue weighted by atomic mass is 19.1. The van der Waals surface area contributed by atoms with E-state index in [1.165, 1.54) is 11.1 Å². The highest BCUT2D eigenvalue weighted by Crippen LogP contribution is 2.30. The predicted octanol–water partition coefficient (Wildman–Crippen LogP) is 2.75. The Morgan fingerprint density at radius 1 is 1.03 bits per heavy atom. The van der Waals surface area contributed by atoms with E-state index in [9.17, 15) is 14.3 Å². The van der Waals surface area contributed by atoms with Gasteiger partial charge in [-0.1, -0.05) is 24.3 Å². The molecule has 1 unspecified atom stereocenters. The lowest BCUT2D eigenvalue weighted by Gasteiger charge is -2.32. The van der Waals surface area contributed by atoms with Gasteiger partial charge in [-0.05, 0) is 42.5 Å². The lowest BCUT2D eigenvalue weighted by molar-refractivity contribution is 0.0501. The smallest absolute Gasteiger partial charge is 0.257 e. The molecule has 5 rings (SSSR count). The lowest BCUT2D eigenvalue weighted by Crippen LogP contribution is -2.44. The number of benzene rings is 2. The molecule has 0 bridgehead atoms. The maximum atomic E-state index is 13.3. The van der Waals surface area contributed by atoms with E-state index in [0.717, 1.165) is 45.4 Å². The third-order valence-corrected chi connectivity index (χ3v) is 7.44. The Morgan fingerprint density at radius 3 is 2.64 bits per heavy atom. The molecule has 1 amide bonds. The number of fused-ring (bicyclic) bond motifs is 2. The molecule has 1 atom stereocenters. The van der Waals surface area contributed by atoms with Crippen LogP contribution in [-0.4, -0.2) is 97.0 Å². The van der Waals surface area contributed by atoms with Crippen molar-refractivity contribution >= 4 is 5.91 Å². The normalized spacial score (nSPS) is 20.3. The topological polar surface area (TPSA) is 65.5 Å². The van der Waals surface area contributed by atoms with Crippen LogP contribution in [-0.2, 0) is 13.0 Å². The average Bonchev–Trinajstić information content (AvgIpc) is 3.03. The van der Waals surface area contributed by atoms with Crippen molar-refractivity contribution in [3.05, 3.63) is 59.2 Å². The molecular weight excluding hydrogens is 461 g/mol. The number of rotatable bonds is 8. The molecule has 0 radical (unpaired) electrons. The molecule has 8 heteroatoms. The van der Waals surface area contributed by atoms with Gasteiger partial charge in [0.2, 0.25) is 0 Å². The Bertz CT molecular complexity index is 1040. The number of piperidine rings is 1. The van der Waals surface area contributed by atoms with Crippen LogP contribution < -0.4 is 9.47 Å². The second kappa shape index (κ2) is 11.6. The van der Waals surface area contributed by atoms with Crippen molar-refractivity contribution in [3.8, 4) is 11.5 Å². The number of likely N-dealkylation sites (tertiary alicyclic amines) is 1. The number of carbonyl (C=O) groups is 1. The standard InChI is InChI=1S/C28H36FN3O4/c29-10-14-30-12-8-24(9-13-30)36-25-5-6-26-27(17-25)35-16-15-32(28(26)34)20-23(33)19-31-11-7-21-3-1-2-4-22(21)18-31/h1-6,17,23-24,33H,7-16,18-20H2. The van der Waals surface area contributed by atoms with Gasteiger partial charge in [0.05, 0.1) is 18.2 Å². The first-order valence-electron chi connectivity index (χ1n) is 13.1. The summed E-state index contributed by atoms with van der Waals surface area (Å²) in [5.41, 5.74) is 3.19. The number of β-amino-alcohol motifs (C(OH)–C–C–N with tert-alkyl or cyclic N) is 1. The fraction of sp³-hybridized carbons (Fsp3) is 0.536. The van der Waals surface area contributed by atoms with Gasteiger partial charge in [0.15, 0.2) is 0 Å². The second-order valence-corrected chi connectivity index (χ2v) is 10.0. The van der Waals surface area contributed by atoms with Crippen molar-refractivity contribution in [2.24, 2.45) is 0 Å². The Hall–Kier alpha value is -2.68. The summed E-state index contributed by atoms with van der Waals surface area (Å²) in [6.45, 7) is 5.16. The number of ether oxygens (including phenoxy) is 2. The van der Waals surface area contributed by atoms with Crippen molar-refractivity contribution < 1.29 is 23.8 Å². The molecule has 0 spiro atoms. The lowest BCUT2D eigenvalue weighted by atomic mass is 10.00. The number of carbonyl (C=O) groups excluding carboxylic acids is 1. The number of nitrogens with zero attached hydrogens (tertiary/aromatic N) is 3. The average molecular weight is 498 g/mol. The van der Waals surface area contributed by atoms with E-state index < -0.39 is 6.10 Å². The summed E-state index contributed by atoms with van der Waals surface area (Å²) in [5, 5.41) is 10.8. The summed E-state index contributed by atoms with van der Waals surface area (Å²) in [6, 6.07) is 13.8. The van der Waals surface area contributed by atoms with Crippen molar-refractivity contribution in [1.82, 2.24) is 14.7 Å². The molecule has 3 aliphatic rings. The van der Waals surface area contributed by atoms with Gasteiger partial charge in [0, 0.05) is 51.9 Å². The fourth-order valence-corrected chi connectivity index (χ4v) is 5.47. The van der Waals surface area contributed by atoms with Gasteiger partial charge in [-0.2, -0.15) is 0 Å². The third kappa shape index (κ3) is 5.99. The zero-order chi connectivity index (χ0) is 24.9. The Labute approximate surface area is 212 Å². The molecule has 2 aromatic carbocycles. The highest BCUT2D eigenvalue weighted by Gasteiger charge is 2.28.